The molecule has 3 rings (SSSR count). The molecule has 0 spiro atoms. The van der Waals surface area contributed by atoms with Crippen molar-refractivity contribution < 1.29 is 22.7 Å². The molecule has 7 nitrogen and oxygen atoms in total. The van der Waals surface area contributed by atoms with E-state index in [0.29, 0.717) is 18.0 Å². The minimum Gasteiger partial charge on any atom is -0.492 e. The molecule has 1 aliphatic heterocycles. The molecule has 0 aromatic heterocycles. The number of aryl methyl sites for hydroxylation is 3. The van der Waals surface area contributed by atoms with E-state index in [2.05, 4.69) is 11.4 Å². The van der Waals surface area contributed by atoms with E-state index in [4.69, 9.17) is 9.47 Å². The highest BCUT2D eigenvalue weighted by Gasteiger charge is 2.34. The predicted molar refractivity (Wildman–Crippen MR) is 112 cm³/mol. The standard InChI is InChI=1S/C21H26N2O5S/c1-14-5-6-19-18(12-14)23(29(4,25)26)13-20(28-19)21(24)22-7-8-27-17-10-15(2)9-16(3)11-17/h5-6,9-12,20H,7-8,13H2,1-4H3,(H,22,24)/t20-/m1/s1. The largest absolute Gasteiger partial charge is 0.492 e. The zero-order valence-electron chi connectivity index (χ0n) is 17.1. The van der Waals surface area contributed by atoms with Gasteiger partial charge in [-0.25, -0.2) is 8.42 Å². The molecular formula is C21H26N2O5S. The Labute approximate surface area is 171 Å². The van der Waals surface area contributed by atoms with Crippen molar-refractivity contribution in [3.05, 3.63) is 53.1 Å². The van der Waals surface area contributed by atoms with E-state index < -0.39 is 16.1 Å². The Hall–Kier alpha value is -2.74. The number of nitrogens with zero attached hydrogens (tertiary/aromatic N) is 1. The zero-order valence-corrected chi connectivity index (χ0v) is 17.9. The second-order valence-electron chi connectivity index (χ2n) is 7.33. The molecule has 2 aromatic rings. The monoisotopic (exact) mass is 418 g/mol. The first kappa shape index (κ1) is 21.0. The molecule has 156 valence electrons. The molecule has 0 unspecified atom stereocenters. The summed E-state index contributed by atoms with van der Waals surface area (Å²) in [6.45, 7) is 6.37. The SMILES string of the molecule is Cc1cc(C)cc(OCCNC(=O)[C@H]2CN(S(C)(=O)=O)c3cc(C)ccc3O2)c1. The number of hydrogen-bond acceptors (Lipinski definition) is 5. The lowest BCUT2D eigenvalue weighted by atomic mass is 10.1. The fraction of sp³-hybridized carbons (Fsp3) is 0.381. The number of amides is 1. The Balaban J connectivity index is 1.61. The lowest BCUT2D eigenvalue weighted by Crippen LogP contribution is -2.51. The highest BCUT2D eigenvalue weighted by atomic mass is 32.2. The number of hydrogen-bond donors (Lipinski definition) is 1. The van der Waals surface area contributed by atoms with Gasteiger partial charge in [-0.2, -0.15) is 0 Å². The lowest BCUT2D eigenvalue weighted by molar-refractivity contribution is -0.127. The van der Waals surface area contributed by atoms with E-state index in [1.807, 2.05) is 39.0 Å². The fourth-order valence-corrected chi connectivity index (χ4v) is 4.19. The normalized spacial score (nSPS) is 16.0. The summed E-state index contributed by atoms with van der Waals surface area (Å²) in [5, 5.41) is 2.76. The summed E-state index contributed by atoms with van der Waals surface area (Å²) < 4.78 is 37.1. The van der Waals surface area contributed by atoms with Crippen LogP contribution in [-0.2, 0) is 14.8 Å². The number of carbonyl (C=O) groups is 1. The number of fused-ring (bicyclic) bond motifs is 1. The van der Waals surface area contributed by atoms with Crippen molar-refractivity contribution in [3.8, 4) is 11.5 Å². The topological polar surface area (TPSA) is 84.9 Å². The Morgan fingerprint density at radius 1 is 1.14 bits per heavy atom. The van der Waals surface area contributed by atoms with Crippen molar-refractivity contribution >= 4 is 21.6 Å². The Kier molecular flexibility index (Phi) is 6.02. The average molecular weight is 419 g/mol. The number of nitrogens with one attached hydrogen (secondary N) is 1. The summed E-state index contributed by atoms with van der Waals surface area (Å²) in [6, 6.07) is 11.2. The van der Waals surface area contributed by atoms with Crippen LogP contribution in [0.2, 0.25) is 0 Å². The van der Waals surface area contributed by atoms with Crippen molar-refractivity contribution in [2.24, 2.45) is 0 Å². The number of carbonyl (C=O) groups excluding carboxylic acids is 1. The number of benzene rings is 2. The summed E-state index contributed by atoms with van der Waals surface area (Å²) in [5.41, 5.74) is 3.57. The van der Waals surface area contributed by atoms with E-state index in [1.54, 1.807) is 12.1 Å². The van der Waals surface area contributed by atoms with Crippen LogP contribution in [0.1, 0.15) is 16.7 Å². The summed E-state index contributed by atoms with van der Waals surface area (Å²) in [6.07, 6.45) is 0.193. The third kappa shape index (κ3) is 5.20. The van der Waals surface area contributed by atoms with E-state index in [9.17, 15) is 13.2 Å². The van der Waals surface area contributed by atoms with Gasteiger partial charge in [0.2, 0.25) is 10.0 Å². The van der Waals surface area contributed by atoms with Gasteiger partial charge in [-0.1, -0.05) is 12.1 Å². The smallest absolute Gasteiger partial charge is 0.263 e. The Bertz CT molecular complexity index is 999. The third-order valence-electron chi connectivity index (χ3n) is 4.54. The lowest BCUT2D eigenvalue weighted by Gasteiger charge is -2.34. The van der Waals surface area contributed by atoms with E-state index >= 15 is 0 Å². The molecule has 0 bridgehead atoms. The Morgan fingerprint density at radius 2 is 1.83 bits per heavy atom. The van der Waals surface area contributed by atoms with Gasteiger partial charge in [0.25, 0.3) is 5.91 Å². The van der Waals surface area contributed by atoms with Gasteiger partial charge in [0.15, 0.2) is 6.10 Å². The van der Waals surface area contributed by atoms with Crippen LogP contribution in [0.3, 0.4) is 0 Å². The van der Waals surface area contributed by atoms with Crippen LogP contribution in [0.4, 0.5) is 5.69 Å². The zero-order chi connectivity index (χ0) is 21.2. The number of rotatable bonds is 6. The van der Waals surface area contributed by atoms with Crippen molar-refractivity contribution in [2.75, 3.05) is 30.3 Å². The van der Waals surface area contributed by atoms with Crippen LogP contribution in [0.15, 0.2) is 36.4 Å². The van der Waals surface area contributed by atoms with Crippen molar-refractivity contribution in [3.63, 3.8) is 0 Å². The van der Waals surface area contributed by atoms with Gasteiger partial charge < -0.3 is 14.8 Å². The van der Waals surface area contributed by atoms with Crippen molar-refractivity contribution in [1.29, 1.82) is 0 Å². The summed E-state index contributed by atoms with van der Waals surface area (Å²) >= 11 is 0. The number of ether oxygens (including phenoxy) is 2. The van der Waals surface area contributed by atoms with Crippen LogP contribution in [0.5, 0.6) is 11.5 Å². The highest BCUT2D eigenvalue weighted by Crippen LogP contribution is 2.35. The van der Waals surface area contributed by atoms with Crippen molar-refractivity contribution in [1.82, 2.24) is 5.32 Å². The fourth-order valence-electron chi connectivity index (χ4n) is 3.29. The molecule has 0 radical (unpaired) electrons. The van der Waals surface area contributed by atoms with Crippen LogP contribution in [0, 0.1) is 20.8 Å². The van der Waals surface area contributed by atoms with Gasteiger partial charge in [-0.05, 0) is 61.7 Å². The van der Waals surface area contributed by atoms with Crippen LogP contribution >= 0.6 is 0 Å². The van der Waals surface area contributed by atoms with Gasteiger partial charge in [0.1, 0.15) is 18.1 Å². The third-order valence-corrected chi connectivity index (χ3v) is 5.69. The van der Waals surface area contributed by atoms with Gasteiger partial charge in [-0.15, -0.1) is 0 Å². The average Bonchev–Trinajstić information content (AvgIpc) is 2.62. The molecule has 0 saturated carbocycles. The summed E-state index contributed by atoms with van der Waals surface area (Å²) in [7, 11) is -3.54. The first-order chi connectivity index (χ1) is 13.6. The maximum atomic E-state index is 12.6. The van der Waals surface area contributed by atoms with E-state index in [-0.39, 0.29) is 19.0 Å². The molecule has 8 heteroatoms. The molecule has 1 amide bonds. The van der Waals surface area contributed by atoms with Gasteiger partial charge in [-0.3, -0.25) is 9.10 Å². The van der Waals surface area contributed by atoms with Crippen LogP contribution in [0.25, 0.3) is 0 Å². The summed E-state index contributed by atoms with van der Waals surface area (Å²) in [4.78, 5) is 12.6. The molecule has 1 N–H and O–H groups in total. The Morgan fingerprint density at radius 3 is 2.48 bits per heavy atom. The molecule has 0 saturated heterocycles. The number of anilines is 1. The minimum atomic E-state index is -3.54. The molecule has 2 aromatic carbocycles. The highest BCUT2D eigenvalue weighted by molar-refractivity contribution is 7.92. The minimum absolute atomic E-state index is 0.0704. The molecule has 1 atom stereocenters. The van der Waals surface area contributed by atoms with Crippen LogP contribution in [-0.4, -0.2) is 46.4 Å². The van der Waals surface area contributed by atoms with E-state index in [0.717, 1.165) is 28.7 Å². The van der Waals surface area contributed by atoms with Gasteiger partial charge >= 0.3 is 0 Å². The molecule has 1 heterocycles. The second kappa shape index (κ2) is 8.32. The molecule has 29 heavy (non-hydrogen) atoms. The molecule has 0 fully saturated rings. The first-order valence-corrected chi connectivity index (χ1v) is 11.2. The molecule has 1 aliphatic rings. The summed E-state index contributed by atoms with van der Waals surface area (Å²) in [5.74, 6) is 0.742. The van der Waals surface area contributed by atoms with Gasteiger partial charge in [0, 0.05) is 0 Å². The quantitative estimate of drug-likeness (QED) is 0.728. The first-order valence-electron chi connectivity index (χ1n) is 9.37. The van der Waals surface area contributed by atoms with Crippen LogP contribution < -0.4 is 19.1 Å². The maximum absolute atomic E-state index is 12.6. The second-order valence-corrected chi connectivity index (χ2v) is 9.24. The van der Waals surface area contributed by atoms with Crippen molar-refractivity contribution in [2.45, 2.75) is 26.9 Å². The maximum Gasteiger partial charge on any atom is 0.263 e. The van der Waals surface area contributed by atoms with Gasteiger partial charge in [0.05, 0.1) is 25.0 Å². The number of sulfonamides is 1. The molecular weight excluding hydrogens is 392 g/mol. The molecule has 0 aliphatic carbocycles. The predicted octanol–water partition coefficient (Wildman–Crippen LogP) is 2.33. The van der Waals surface area contributed by atoms with E-state index in [1.165, 1.54) is 4.31 Å².